The van der Waals surface area contributed by atoms with Crippen LogP contribution in [0.4, 0.5) is 0 Å². The van der Waals surface area contributed by atoms with Gasteiger partial charge in [0.1, 0.15) is 0 Å². The number of carbonyl (C=O) groups is 2. The molecule has 2 aliphatic rings. The lowest BCUT2D eigenvalue weighted by atomic mass is 10.1. The van der Waals surface area contributed by atoms with Crippen LogP contribution in [0.15, 0.2) is 24.3 Å². The zero-order chi connectivity index (χ0) is 16.1. The van der Waals surface area contributed by atoms with Gasteiger partial charge in [-0.3, -0.25) is 19.4 Å². The number of hydrogen-bond acceptors (Lipinski definition) is 3. The van der Waals surface area contributed by atoms with Gasteiger partial charge in [0.2, 0.25) is 0 Å². The molecule has 4 nitrogen and oxygen atoms in total. The molecule has 2 heterocycles. The summed E-state index contributed by atoms with van der Waals surface area (Å²) < 4.78 is 0. The molecule has 3 rings (SSSR count). The van der Waals surface area contributed by atoms with Crippen LogP contribution in [-0.2, 0) is 0 Å². The van der Waals surface area contributed by atoms with Gasteiger partial charge >= 0.3 is 0 Å². The first-order chi connectivity index (χ1) is 11.3. The Kier molecular flexibility index (Phi) is 5.09. The number of likely N-dealkylation sites (tertiary alicyclic amines) is 1. The lowest BCUT2D eigenvalue weighted by Gasteiger charge is -2.21. The average Bonchev–Trinajstić information content (AvgIpc) is 2.78. The van der Waals surface area contributed by atoms with Crippen LogP contribution in [0.3, 0.4) is 0 Å². The SMILES string of the molecule is O=C1c2ccccc2C(=O)N1CC#CCN1CCCCCCC1. The Labute approximate surface area is 137 Å². The van der Waals surface area contributed by atoms with Gasteiger partial charge in [-0.05, 0) is 38.1 Å². The van der Waals surface area contributed by atoms with E-state index in [2.05, 4.69) is 16.7 Å². The molecule has 0 radical (unpaired) electrons. The molecule has 0 atom stereocenters. The van der Waals surface area contributed by atoms with E-state index in [1.165, 1.54) is 37.0 Å². The molecular formula is C19H22N2O2. The molecule has 4 heteroatoms. The molecule has 0 bridgehead atoms. The second-order valence-electron chi connectivity index (χ2n) is 6.14. The van der Waals surface area contributed by atoms with Gasteiger partial charge < -0.3 is 0 Å². The molecule has 23 heavy (non-hydrogen) atoms. The van der Waals surface area contributed by atoms with Gasteiger partial charge in [0.05, 0.1) is 24.2 Å². The van der Waals surface area contributed by atoms with Crippen molar-refractivity contribution >= 4 is 11.8 Å². The van der Waals surface area contributed by atoms with Gasteiger partial charge in [-0.15, -0.1) is 0 Å². The summed E-state index contributed by atoms with van der Waals surface area (Å²) in [5.74, 6) is 5.67. The molecule has 2 aliphatic heterocycles. The third-order valence-corrected chi connectivity index (χ3v) is 4.49. The molecule has 0 unspecified atom stereocenters. The van der Waals surface area contributed by atoms with E-state index in [9.17, 15) is 9.59 Å². The highest BCUT2D eigenvalue weighted by atomic mass is 16.2. The second-order valence-corrected chi connectivity index (χ2v) is 6.14. The molecule has 0 spiro atoms. The number of hydrogen-bond donors (Lipinski definition) is 0. The Hall–Kier alpha value is -2.12. The zero-order valence-corrected chi connectivity index (χ0v) is 13.4. The first-order valence-corrected chi connectivity index (χ1v) is 8.40. The number of carbonyl (C=O) groups excluding carboxylic acids is 2. The van der Waals surface area contributed by atoms with Crippen molar-refractivity contribution in [1.29, 1.82) is 0 Å². The van der Waals surface area contributed by atoms with Crippen LogP contribution in [0.1, 0.15) is 52.8 Å². The van der Waals surface area contributed by atoms with Gasteiger partial charge in [0.15, 0.2) is 0 Å². The van der Waals surface area contributed by atoms with Crippen molar-refractivity contribution in [2.75, 3.05) is 26.2 Å². The summed E-state index contributed by atoms with van der Waals surface area (Å²) >= 11 is 0. The van der Waals surface area contributed by atoms with Crippen LogP contribution in [0, 0.1) is 11.8 Å². The molecule has 0 saturated carbocycles. The van der Waals surface area contributed by atoms with Crippen LogP contribution in [0.2, 0.25) is 0 Å². The maximum Gasteiger partial charge on any atom is 0.262 e. The molecule has 0 N–H and O–H groups in total. The first-order valence-electron chi connectivity index (χ1n) is 8.40. The van der Waals surface area contributed by atoms with Gasteiger partial charge in [-0.1, -0.05) is 43.2 Å². The lowest BCUT2D eigenvalue weighted by Crippen LogP contribution is -2.30. The summed E-state index contributed by atoms with van der Waals surface area (Å²) in [6.45, 7) is 3.10. The Balaban J connectivity index is 1.55. The van der Waals surface area contributed by atoms with Crippen LogP contribution >= 0.6 is 0 Å². The Morgan fingerprint density at radius 1 is 0.783 bits per heavy atom. The smallest absolute Gasteiger partial charge is 0.262 e. The molecule has 0 aliphatic carbocycles. The number of amides is 2. The fraction of sp³-hybridized carbons (Fsp3) is 0.474. The molecule has 2 amide bonds. The maximum atomic E-state index is 12.2. The number of rotatable bonds is 2. The van der Waals surface area contributed by atoms with E-state index in [0.717, 1.165) is 19.6 Å². The van der Waals surface area contributed by atoms with E-state index in [1.54, 1.807) is 24.3 Å². The Bertz CT molecular complexity index is 614. The standard InChI is InChI=1S/C19H22N2O2/c22-18-16-10-4-5-11-17(16)19(23)21(18)15-9-8-14-20-12-6-2-1-3-7-13-20/h4-5,10-11H,1-3,6-7,12-15H2. The molecule has 1 aromatic rings. The van der Waals surface area contributed by atoms with Gasteiger partial charge in [-0.2, -0.15) is 0 Å². The average molecular weight is 310 g/mol. The number of benzene rings is 1. The quantitative estimate of drug-likeness (QED) is 0.622. The van der Waals surface area contributed by atoms with Crippen molar-refractivity contribution in [3.63, 3.8) is 0 Å². The van der Waals surface area contributed by atoms with E-state index < -0.39 is 0 Å². The highest BCUT2D eigenvalue weighted by Crippen LogP contribution is 2.21. The monoisotopic (exact) mass is 310 g/mol. The third-order valence-electron chi connectivity index (χ3n) is 4.49. The van der Waals surface area contributed by atoms with E-state index in [0.29, 0.717) is 11.1 Å². The number of imide groups is 1. The van der Waals surface area contributed by atoms with Crippen molar-refractivity contribution in [3.8, 4) is 11.8 Å². The van der Waals surface area contributed by atoms with Gasteiger partial charge in [0.25, 0.3) is 11.8 Å². The zero-order valence-electron chi connectivity index (χ0n) is 13.4. The van der Waals surface area contributed by atoms with E-state index in [1.807, 2.05) is 0 Å². The lowest BCUT2D eigenvalue weighted by molar-refractivity contribution is 0.0675. The number of nitrogens with zero attached hydrogens (tertiary/aromatic N) is 2. The minimum Gasteiger partial charge on any atom is -0.292 e. The highest BCUT2D eigenvalue weighted by molar-refractivity contribution is 6.21. The molecule has 0 aromatic heterocycles. The highest BCUT2D eigenvalue weighted by Gasteiger charge is 2.34. The third kappa shape index (κ3) is 3.62. The normalized spacial score (nSPS) is 18.9. The second kappa shape index (κ2) is 7.43. The van der Waals surface area contributed by atoms with E-state index in [4.69, 9.17) is 0 Å². The van der Waals surface area contributed by atoms with E-state index >= 15 is 0 Å². The fourth-order valence-corrected chi connectivity index (χ4v) is 3.16. The summed E-state index contributed by atoms with van der Waals surface area (Å²) in [5, 5.41) is 0. The summed E-state index contributed by atoms with van der Waals surface area (Å²) in [7, 11) is 0. The van der Waals surface area contributed by atoms with Crippen LogP contribution in [0.5, 0.6) is 0 Å². The summed E-state index contributed by atoms with van der Waals surface area (Å²) in [6.07, 6.45) is 6.43. The van der Waals surface area contributed by atoms with Gasteiger partial charge in [0, 0.05) is 0 Å². The molecule has 1 fully saturated rings. The molecular weight excluding hydrogens is 288 g/mol. The molecule has 1 saturated heterocycles. The summed E-state index contributed by atoms with van der Waals surface area (Å²) in [4.78, 5) is 28.0. The molecule has 1 aromatic carbocycles. The van der Waals surface area contributed by atoms with Gasteiger partial charge in [-0.25, -0.2) is 0 Å². The van der Waals surface area contributed by atoms with Crippen LogP contribution in [-0.4, -0.2) is 47.8 Å². The minimum absolute atomic E-state index is 0.181. The van der Waals surface area contributed by atoms with Crippen molar-refractivity contribution in [2.45, 2.75) is 32.1 Å². The van der Waals surface area contributed by atoms with Crippen LogP contribution in [0.25, 0.3) is 0 Å². The maximum absolute atomic E-state index is 12.2. The molecule has 120 valence electrons. The number of fused-ring (bicyclic) bond motifs is 1. The summed E-state index contributed by atoms with van der Waals surface area (Å²) in [6, 6.07) is 6.95. The Morgan fingerprint density at radius 2 is 1.30 bits per heavy atom. The largest absolute Gasteiger partial charge is 0.292 e. The summed E-state index contributed by atoms with van der Waals surface area (Å²) in [5.41, 5.74) is 0.978. The predicted octanol–water partition coefficient (Wildman–Crippen LogP) is 2.55. The predicted molar refractivity (Wildman–Crippen MR) is 89.1 cm³/mol. The van der Waals surface area contributed by atoms with Crippen molar-refractivity contribution in [3.05, 3.63) is 35.4 Å². The van der Waals surface area contributed by atoms with Crippen molar-refractivity contribution in [2.24, 2.45) is 0 Å². The van der Waals surface area contributed by atoms with Crippen LogP contribution < -0.4 is 0 Å². The topological polar surface area (TPSA) is 40.6 Å². The fourth-order valence-electron chi connectivity index (χ4n) is 3.16. The van der Waals surface area contributed by atoms with Crippen molar-refractivity contribution < 1.29 is 9.59 Å². The Morgan fingerprint density at radius 3 is 1.91 bits per heavy atom. The first kappa shape index (κ1) is 15.8. The van der Waals surface area contributed by atoms with E-state index in [-0.39, 0.29) is 18.4 Å². The minimum atomic E-state index is -0.230. The van der Waals surface area contributed by atoms with Crippen molar-refractivity contribution in [1.82, 2.24) is 9.80 Å².